The molecule has 1 saturated heterocycles. The molecule has 10 nitrogen and oxygen atoms in total. The Bertz CT molecular complexity index is 1050. The number of aliphatic hydroxyl groups is 2. The Morgan fingerprint density at radius 3 is 2.45 bits per heavy atom. The molecule has 2 aromatic carbocycles. The molecule has 0 aliphatic carbocycles. The fourth-order valence-electron chi connectivity index (χ4n) is 2.96. The molecule has 0 spiro atoms. The summed E-state index contributed by atoms with van der Waals surface area (Å²) in [4.78, 5) is 24.1. The summed E-state index contributed by atoms with van der Waals surface area (Å²) in [6.07, 6.45) is -4.72. The normalized spacial score (nSPS) is 20.2. The maximum atomic E-state index is 11.6. The van der Waals surface area contributed by atoms with Crippen molar-refractivity contribution in [3.05, 3.63) is 48.0 Å². The van der Waals surface area contributed by atoms with Crippen LogP contribution in [0.5, 0.6) is 5.75 Å². The summed E-state index contributed by atoms with van der Waals surface area (Å²) in [5.74, 6) is -2.00. The summed E-state index contributed by atoms with van der Waals surface area (Å²) in [6.45, 7) is -0.251. The fraction of sp³-hybridized carbons (Fsp3) is 0.263. The van der Waals surface area contributed by atoms with Crippen LogP contribution in [0, 0.1) is 0 Å². The Kier molecular flexibility index (Phi) is 4.97. The van der Waals surface area contributed by atoms with Gasteiger partial charge in [0.25, 0.3) is 0 Å². The number of nitrogens with zero attached hydrogens (tertiary/aromatic N) is 3. The van der Waals surface area contributed by atoms with E-state index in [4.69, 9.17) is 4.74 Å². The highest BCUT2D eigenvalue weighted by molar-refractivity contribution is 6.09. The average Bonchev–Trinajstić information content (AvgIpc) is 3.25. The van der Waals surface area contributed by atoms with Crippen molar-refractivity contribution in [2.24, 2.45) is 0 Å². The van der Waals surface area contributed by atoms with E-state index in [9.17, 15) is 24.9 Å². The number of cyclic esters (lactones) is 1. The van der Waals surface area contributed by atoms with Crippen molar-refractivity contribution in [1.29, 1.82) is 0 Å². The second kappa shape index (κ2) is 7.59. The zero-order valence-corrected chi connectivity index (χ0v) is 15.0. The van der Waals surface area contributed by atoms with Crippen molar-refractivity contribution in [3.63, 3.8) is 0 Å². The van der Waals surface area contributed by atoms with Crippen LogP contribution < -0.4 is 0 Å². The number of carbonyl (C=O) groups is 2. The van der Waals surface area contributed by atoms with E-state index in [0.717, 1.165) is 0 Å². The first-order chi connectivity index (χ1) is 13.9. The average molecular weight is 399 g/mol. The second-order valence-corrected chi connectivity index (χ2v) is 6.55. The monoisotopic (exact) mass is 399 g/mol. The number of benzene rings is 2. The first-order valence-electron chi connectivity index (χ1n) is 8.76. The highest BCUT2D eigenvalue weighted by atomic mass is 16.6. The predicted molar refractivity (Wildman–Crippen MR) is 97.1 cm³/mol. The first kappa shape index (κ1) is 19.0. The minimum atomic E-state index is -1.87. The van der Waals surface area contributed by atoms with E-state index < -0.39 is 30.1 Å². The Balaban J connectivity index is 1.43. The number of Topliss-reactive ketones (excluding diaryl/α,β-unsaturated/α-hetero) is 1. The lowest BCUT2D eigenvalue weighted by Gasteiger charge is -2.16. The number of ether oxygens (including phenoxy) is 2. The van der Waals surface area contributed by atoms with Gasteiger partial charge in [0.1, 0.15) is 28.6 Å². The maximum absolute atomic E-state index is 11.6. The van der Waals surface area contributed by atoms with Crippen LogP contribution in [-0.4, -0.2) is 67.0 Å². The number of aromatic nitrogens is 3. The maximum Gasteiger partial charge on any atom is 0.343 e. The van der Waals surface area contributed by atoms with E-state index in [1.807, 2.05) is 12.1 Å². The molecular weight excluding hydrogens is 382 g/mol. The zero-order chi connectivity index (χ0) is 20.5. The molecule has 3 aromatic rings. The molecule has 3 atom stereocenters. The highest BCUT2D eigenvalue weighted by Gasteiger charge is 2.45. The second-order valence-electron chi connectivity index (χ2n) is 6.55. The highest BCUT2D eigenvalue weighted by Crippen LogP contribution is 2.23. The fourth-order valence-corrected chi connectivity index (χ4v) is 2.96. The van der Waals surface area contributed by atoms with Crippen molar-refractivity contribution in [1.82, 2.24) is 15.0 Å². The molecule has 1 aromatic heterocycles. The van der Waals surface area contributed by atoms with Gasteiger partial charge in [0.2, 0.25) is 11.9 Å². The summed E-state index contributed by atoms with van der Waals surface area (Å²) >= 11 is 0. The molecular formula is C19H17N3O7. The van der Waals surface area contributed by atoms with Crippen molar-refractivity contribution in [2.75, 3.05) is 6.61 Å². The molecule has 10 heteroatoms. The number of aliphatic hydroxyl groups excluding tert-OH is 2. The van der Waals surface area contributed by atoms with E-state index in [2.05, 4.69) is 14.9 Å². The van der Waals surface area contributed by atoms with Gasteiger partial charge in [0, 0.05) is 0 Å². The third-order valence-electron chi connectivity index (χ3n) is 4.47. The van der Waals surface area contributed by atoms with Crippen LogP contribution in [0.15, 0.2) is 42.5 Å². The predicted octanol–water partition coefficient (Wildman–Crippen LogP) is -0.141. The van der Waals surface area contributed by atoms with Gasteiger partial charge >= 0.3 is 5.97 Å². The van der Waals surface area contributed by atoms with E-state index in [-0.39, 0.29) is 19.0 Å². The van der Waals surface area contributed by atoms with Crippen molar-refractivity contribution in [3.8, 4) is 11.4 Å². The largest absolute Gasteiger partial charge is 0.506 e. The lowest BCUT2D eigenvalue weighted by atomic mass is 10.1. The Labute approximate surface area is 163 Å². The van der Waals surface area contributed by atoms with E-state index in [0.29, 0.717) is 22.3 Å². The number of rotatable bonds is 6. The third-order valence-corrected chi connectivity index (χ3v) is 4.47. The summed E-state index contributed by atoms with van der Waals surface area (Å²) in [5.41, 5.74) is 2.36. The number of hydrogen-bond acceptors (Lipinski definition) is 9. The van der Waals surface area contributed by atoms with Crippen molar-refractivity contribution in [2.45, 2.75) is 24.9 Å². The molecule has 29 heavy (non-hydrogen) atoms. The van der Waals surface area contributed by atoms with Gasteiger partial charge < -0.3 is 24.8 Å². The smallest absolute Gasteiger partial charge is 0.343 e. The standard InChI is InChI=1S/C19H17N3O7/c23-14-6-5-10(7-13(14)22-20-11-3-1-2-4-12(11)21-22)8-28-9-15(24)18-16(25)17(26)19(27)29-18/h1-7,15,17-18,23-24,26H,8-9H2/t15-,17?,18-/m1/s1. The van der Waals surface area contributed by atoms with E-state index in [1.54, 1.807) is 24.3 Å². The molecule has 150 valence electrons. The Hall–Kier alpha value is -3.34. The minimum Gasteiger partial charge on any atom is -0.506 e. The van der Waals surface area contributed by atoms with Gasteiger partial charge in [-0.3, -0.25) is 4.79 Å². The van der Waals surface area contributed by atoms with Crippen LogP contribution in [0.4, 0.5) is 0 Å². The van der Waals surface area contributed by atoms with Gasteiger partial charge in [0.05, 0.1) is 13.2 Å². The van der Waals surface area contributed by atoms with Gasteiger partial charge in [-0.25, -0.2) is 4.79 Å². The molecule has 1 unspecified atom stereocenters. The molecule has 0 radical (unpaired) electrons. The number of fused-ring (bicyclic) bond motifs is 1. The lowest BCUT2D eigenvalue weighted by molar-refractivity contribution is -0.152. The van der Waals surface area contributed by atoms with Gasteiger partial charge in [-0.2, -0.15) is 0 Å². The number of phenolic OH excluding ortho intramolecular Hbond substituents is 1. The van der Waals surface area contributed by atoms with Gasteiger partial charge in [-0.05, 0) is 29.8 Å². The lowest BCUT2D eigenvalue weighted by Crippen LogP contribution is -2.37. The SMILES string of the molecule is O=C1O[C@H]([C@H](O)COCc2ccc(O)c(-n3nc4ccccc4n3)c2)C(=O)C1O. The van der Waals surface area contributed by atoms with Gasteiger partial charge in [0.15, 0.2) is 6.10 Å². The van der Waals surface area contributed by atoms with Crippen molar-refractivity contribution >= 4 is 22.8 Å². The Morgan fingerprint density at radius 1 is 1.14 bits per heavy atom. The van der Waals surface area contributed by atoms with Crippen LogP contribution in [-0.2, 0) is 25.7 Å². The van der Waals surface area contributed by atoms with E-state index in [1.165, 1.54) is 10.9 Å². The molecule has 1 aliphatic rings. The Morgan fingerprint density at radius 2 is 1.83 bits per heavy atom. The van der Waals surface area contributed by atoms with E-state index >= 15 is 0 Å². The van der Waals surface area contributed by atoms with Crippen LogP contribution in [0.1, 0.15) is 5.56 Å². The molecule has 4 rings (SSSR count). The zero-order valence-electron chi connectivity index (χ0n) is 15.0. The quantitative estimate of drug-likeness (QED) is 0.381. The molecule has 3 N–H and O–H groups in total. The molecule has 0 amide bonds. The minimum absolute atomic E-state index is 0.0217. The third kappa shape index (κ3) is 3.68. The molecule has 1 fully saturated rings. The van der Waals surface area contributed by atoms with Gasteiger partial charge in [-0.15, -0.1) is 15.0 Å². The number of ketones is 1. The molecule has 0 bridgehead atoms. The van der Waals surface area contributed by atoms with Gasteiger partial charge in [-0.1, -0.05) is 18.2 Å². The summed E-state index contributed by atoms with van der Waals surface area (Å²) in [7, 11) is 0. The molecule has 1 aliphatic heterocycles. The van der Waals surface area contributed by atoms with Crippen molar-refractivity contribution < 1.29 is 34.4 Å². The van der Waals surface area contributed by atoms with Crippen LogP contribution in [0.2, 0.25) is 0 Å². The number of esters is 1. The van der Waals surface area contributed by atoms with Crippen LogP contribution in [0.25, 0.3) is 16.7 Å². The number of aromatic hydroxyl groups is 1. The topological polar surface area (TPSA) is 144 Å². The van der Waals surface area contributed by atoms with Crippen LogP contribution >= 0.6 is 0 Å². The summed E-state index contributed by atoms with van der Waals surface area (Å²) in [5, 5.41) is 38.1. The molecule has 2 heterocycles. The summed E-state index contributed by atoms with van der Waals surface area (Å²) < 4.78 is 10.0. The molecule has 0 saturated carbocycles. The van der Waals surface area contributed by atoms with Crippen LogP contribution in [0.3, 0.4) is 0 Å². The number of hydrogen-bond donors (Lipinski definition) is 3. The number of carbonyl (C=O) groups excluding carboxylic acids is 2. The number of phenols is 1. The summed E-state index contributed by atoms with van der Waals surface area (Å²) in [6, 6.07) is 12.0. The first-order valence-corrected chi connectivity index (χ1v) is 8.76.